The topological polar surface area (TPSA) is 108 Å². The van der Waals surface area contributed by atoms with Crippen molar-refractivity contribution in [2.75, 3.05) is 6.54 Å². The van der Waals surface area contributed by atoms with Crippen molar-refractivity contribution in [1.82, 2.24) is 0 Å². The molecule has 92 valence electrons. The molecule has 0 saturated carbocycles. The van der Waals surface area contributed by atoms with E-state index < -0.39 is 4.92 Å². The first-order valence-electron chi connectivity index (χ1n) is 4.85. The first-order chi connectivity index (χ1) is 7.15. The van der Waals surface area contributed by atoms with Crippen molar-refractivity contribution in [3.63, 3.8) is 0 Å². The average molecular weight is 250 g/mol. The second-order valence-corrected chi connectivity index (χ2v) is 3.32. The lowest BCUT2D eigenvalue weighted by atomic mass is 10.1. The van der Waals surface area contributed by atoms with Crippen LogP contribution < -0.4 is 11.5 Å². The molecule has 7 heteroatoms. The quantitative estimate of drug-likeness (QED) is 0.453. The van der Waals surface area contributed by atoms with Crippen LogP contribution in [0.3, 0.4) is 0 Å². The van der Waals surface area contributed by atoms with Crippen LogP contribution >= 0.6 is 12.4 Å². The first kappa shape index (κ1) is 14.9. The summed E-state index contributed by atoms with van der Waals surface area (Å²) < 4.78 is 4.98. The Kier molecular flexibility index (Phi) is 6.71. The van der Waals surface area contributed by atoms with Crippen LogP contribution in [0.15, 0.2) is 16.5 Å². The third-order valence-electron chi connectivity index (χ3n) is 2.13. The summed E-state index contributed by atoms with van der Waals surface area (Å²) in [6.07, 6.45) is 2.52. The highest BCUT2D eigenvalue weighted by atomic mass is 35.5. The summed E-state index contributed by atoms with van der Waals surface area (Å²) in [6.45, 7) is 0.630. The smallest absolute Gasteiger partial charge is 0.404 e. The number of hydrogen-bond donors (Lipinski definition) is 2. The molecular weight excluding hydrogens is 234 g/mol. The van der Waals surface area contributed by atoms with Gasteiger partial charge in [0.25, 0.3) is 0 Å². The Balaban J connectivity index is 0.00000225. The van der Waals surface area contributed by atoms with Crippen LogP contribution in [-0.2, 0) is 0 Å². The van der Waals surface area contributed by atoms with Crippen molar-refractivity contribution >= 4 is 18.3 Å². The molecule has 0 amide bonds. The van der Waals surface area contributed by atoms with Crippen LogP contribution in [0, 0.1) is 10.1 Å². The normalized spacial score (nSPS) is 11.9. The van der Waals surface area contributed by atoms with E-state index in [9.17, 15) is 10.1 Å². The molecule has 0 spiro atoms. The molecule has 0 aliphatic carbocycles. The van der Waals surface area contributed by atoms with Crippen LogP contribution in [0.1, 0.15) is 31.1 Å². The van der Waals surface area contributed by atoms with Gasteiger partial charge < -0.3 is 15.9 Å². The van der Waals surface area contributed by atoms with E-state index in [1.54, 1.807) is 6.07 Å². The first-order valence-corrected chi connectivity index (χ1v) is 4.85. The summed E-state index contributed by atoms with van der Waals surface area (Å²) >= 11 is 0. The van der Waals surface area contributed by atoms with Crippen molar-refractivity contribution in [2.24, 2.45) is 11.5 Å². The number of nitrogens with zero attached hydrogens (tertiary/aromatic N) is 1. The third-order valence-corrected chi connectivity index (χ3v) is 2.13. The number of nitro groups is 1. The van der Waals surface area contributed by atoms with Gasteiger partial charge in [0.2, 0.25) is 0 Å². The predicted molar refractivity (Wildman–Crippen MR) is 62.4 cm³/mol. The maximum atomic E-state index is 10.4. The highest BCUT2D eigenvalue weighted by molar-refractivity contribution is 5.85. The maximum Gasteiger partial charge on any atom is 0.433 e. The Bertz CT molecular complexity index is 330. The van der Waals surface area contributed by atoms with E-state index in [4.69, 9.17) is 15.9 Å². The molecule has 16 heavy (non-hydrogen) atoms. The van der Waals surface area contributed by atoms with E-state index >= 15 is 0 Å². The van der Waals surface area contributed by atoms with Gasteiger partial charge in [-0.05, 0) is 25.5 Å². The summed E-state index contributed by atoms with van der Waals surface area (Å²) in [5, 5.41) is 10.4. The van der Waals surface area contributed by atoms with Gasteiger partial charge >= 0.3 is 5.88 Å². The molecule has 0 unspecified atom stereocenters. The Hall–Kier alpha value is -1.11. The zero-order valence-electron chi connectivity index (χ0n) is 8.80. The fraction of sp³-hybridized carbons (Fsp3) is 0.556. The molecule has 1 atom stereocenters. The lowest BCUT2D eigenvalue weighted by Crippen LogP contribution is -2.10. The van der Waals surface area contributed by atoms with Gasteiger partial charge in [0.05, 0.1) is 12.1 Å². The van der Waals surface area contributed by atoms with E-state index in [1.807, 2.05) is 0 Å². The van der Waals surface area contributed by atoms with Crippen LogP contribution in [0.4, 0.5) is 5.88 Å². The van der Waals surface area contributed by atoms with Crippen LogP contribution in [0.2, 0.25) is 0 Å². The number of hydrogen-bond acceptors (Lipinski definition) is 5. The Labute approximate surface area is 99.5 Å². The minimum Gasteiger partial charge on any atom is -0.404 e. The van der Waals surface area contributed by atoms with Gasteiger partial charge in [-0.3, -0.25) is 10.1 Å². The number of rotatable bonds is 6. The second-order valence-electron chi connectivity index (χ2n) is 3.32. The second kappa shape index (κ2) is 7.21. The van der Waals surface area contributed by atoms with Crippen molar-refractivity contribution < 1.29 is 9.34 Å². The maximum absolute atomic E-state index is 10.4. The SMILES string of the molecule is Cl.NCCCC[C@@H](N)c1ccc([N+](=O)[O-])o1. The molecule has 0 fully saturated rings. The monoisotopic (exact) mass is 249 g/mol. The minimum atomic E-state index is -0.573. The van der Waals surface area contributed by atoms with E-state index in [0.29, 0.717) is 12.3 Å². The Morgan fingerprint density at radius 2 is 2.12 bits per heavy atom. The van der Waals surface area contributed by atoms with Crippen LogP contribution in [0.25, 0.3) is 0 Å². The van der Waals surface area contributed by atoms with E-state index in [-0.39, 0.29) is 24.3 Å². The summed E-state index contributed by atoms with van der Waals surface area (Å²) in [5.74, 6) is 0.193. The van der Waals surface area contributed by atoms with Gasteiger partial charge in [0.15, 0.2) is 0 Å². The highest BCUT2D eigenvalue weighted by Gasteiger charge is 2.16. The van der Waals surface area contributed by atoms with Crippen LogP contribution in [0.5, 0.6) is 0 Å². The minimum absolute atomic E-state index is 0. The van der Waals surface area contributed by atoms with E-state index in [1.165, 1.54) is 6.07 Å². The molecule has 1 rings (SSSR count). The molecule has 0 aromatic carbocycles. The van der Waals surface area contributed by atoms with Gasteiger partial charge in [-0.1, -0.05) is 6.42 Å². The van der Waals surface area contributed by atoms with Crippen molar-refractivity contribution in [3.8, 4) is 0 Å². The van der Waals surface area contributed by atoms with Gasteiger partial charge in [0, 0.05) is 0 Å². The average Bonchev–Trinajstić information content (AvgIpc) is 2.66. The summed E-state index contributed by atoms with van der Waals surface area (Å²) in [6, 6.07) is 2.58. The van der Waals surface area contributed by atoms with E-state index in [0.717, 1.165) is 19.3 Å². The number of unbranched alkanes of at least 4 members (excludes halogenated alkanes) is 1. The molecule has 0 bridgehead atoms. The third kappa shape index (κ3) is 4.18. The molecule has 1 aromatic rings. The molecule has 0 saturated heterocycles. The molecule has 4 N–H and O–H groups in total. The zero-order valence-corrected chi connectivity index (χ0v) is 9.61. The largest absolute Gasteiger partial charge is 0.433 e. The Morgan fingerprint density at radius 3 is 2.62 bits per heavy atom. The number of furan rings is 1. The standard InChI is InChI=1S/C9H15N3O3.ClH/c10-6-2-1-3-7(11)8-4-5-9(15-8)12(13)14;/h4-5,7H,1-3,6,10-11H2;1H/t7-;/m1./s1. The molecule has 6 nitrogen and oxygen atoms in total. The van der Waals surface area contributed by atoms with Crippen molar-refractivity contribution in [2.45, 2.75) is 25.3 Å². The Morgan fingerprint density at radius 1 is 1.44 bits per heavy atom. The highest BCUT2D eigenvalue weighted by Crippen LogP contribution is 2.23. The fourth-order valence-electron chi connectivity index (χ4n) is 1.29. The van der Waals surface area contributed by atoms with Gasteiger partial charge in [0.1, 0.15) is 10.7 Å². The lowest BCUT2D eigenvalue weighted by Gasteiger charge is -2.06. The van der Waals surface area contributed by atoms with Crippen LogP contribution in [-0.4, -0.2) is 11.5 Å². The fourth-order valence-corrected chi connectivity index (χ4v) is 1.29. The summed E-state index contributed by atoms with van der Waals surface area (Å²) in [5.41, 5.74) is 11.1. The number of halogens is 1. The van der Waals surface area contributed by atoms with Crippen molar-refractivity contribution in [1.29, 1.82) is 0 Å². The molecule has 0 aliphatic heterocycles. The molecule has 0 radical (unpaired) electrons. The molecular formula is C9H16ClN3O3. The van der Waals surface area contributed by atoms with Gasteiger partial charge in [-0.25, -0.2) is 0 Å². The van der Waals surface area contributed by atoms with E-state index in [2.05, 4.69) is 0 Å². The number of nitrogens with two attached hydrogens (primary N) is 2. The summed E-state index contributed by atoms with van der Waals surface area (Å²) in [7, 11) is 0. The lowest BCUT2D eigenvalue weighted by molar-refractivity contribution is -0.402. The van der Waals surface area contributed by atoms with Gasteiger partial charge in [-0.15, -0.1) is 12.4 Å². The predicted octanol–water partition coefficient (Wildman–Crippen LogP) is 1.74. The zero-order chi connectivity index (χ0) is 11.3. The molecule has 1 aromatic heterocycles. The molecule has 1 heterocycles. The summed E-state index contributed by atoms with van der Waals surface area (Å²) in [4.78, 5) is 9.78. The molecule has 0 aliphatic rings. The van der Waals surface area contributed by atoms with Crippen molar-refractivity contribution in [3.05, 3.63) is 28.0 Å². The van der Waals surface area contributed by atoms with Gasteiger partial charge in [-0.2, -0.15) is 0 Å².